The van der Waals surface area contributed by atoms with E-state index in [1.165, 1.54) is 7.11 Å². The number of hydrogen-bond donors (Lipinski definition) is 2. The van der Waals surface area contributed by atoms with Gasteiger partial charge in [0.05, 0.1) is 23.7 Å². The number of anilines is 1. The van der Waals surface area contributed by atoms with Crippen LogP contribution >= 0.6 is 0 Å². The Hall–Kier alpha value is -4.14. The van der Waals surface area contributed by atoms with Crippen molar-refractivity contribution in [1.82, 2.24) is 19.9 Å². The second-order valence-electron chi connectivity index (χ2n) is 10.3. The van der Waals surface area contributed by atoms with E-state index in [2.05, 4.69) is 21.8 Å². The van der Waals surface area contributed by atoms with Crippen LogP contribution in [0.4, 0.5) is 10.6 Å². The minimum Gasteiger partial charge on any atom is -0.465 e. The number of unbranched alkanes of at least 4 members (excludes halogenated alkanes) is 1. The predicted octanol–water partition coefficient (Wildman–Crippen LogP) is 5.37. The van der Waals surface area contributed by atoms with Gasteiger partial charge in [-0.1, -0.05) is 37.6 Å². The molecule has 0 bridgehead atoms. The summed E-state index contributed by atoms with van der Waals surface area (Å²) in [5, 5.41) is 3.66. The van der Waals surface area contributed by atoms with Gasteiger partial charge in [0.1, 0.15) is 16.9 Å². The number of benzene rings is 2. The maximum absolute atomic E-state index is 12.1. The molecule has 9 nitrogen and oxygen atoms in total. The Morgan fingerprint density at radius 3 is 2.42 bits per heavy atom. The Labute approximate surface area is 222 Å². The van der Waals surface area contributed by atoms with E-state index in [1.54, 1.807) is 12.1 Å². The van der Waals surface area contributed by atoms with Gasteiger partial charge < -0.3 is 25.1 Å². The number of ether oxygens (including phenoxy) is 2. The van der Waals surface area contributed by atoms with Crippen LogP contribution in [0, 0.1) is 0 Å². The minimum absolute atomic E-state index is 0.328. The number of esters is 1. The number of hydrogen-bond acceptors (Lipinski definition) is 7. The summed E-state index contributed by atoms with van der Waals surface area (Å²) in [4.78, 5) is 33.5. The van der Waals surface area contributed by atoms with Crippen molar-refractivity contribution >= 4 is 39.8 Å². The zero-order chi connectivity index (χ0) is 27.4. The fourth-order valence-corrected chi connectivity index (χ4v) is 4.33. The van der Waals surface area contributed by atoms with Gasteiger partial charge in [-0.15, -0.1) is 0 Å². The van der Waals surface area contributed by atoms with Crippen LogP contribution in [-0.4, -0.2) is 39.3 Å². The van der Waals surface area contributed by atoms with Crippen LogP contribution in [-0.2, 0) is 29.0 Å². The fraction of sp³-hybridized carbons (Fsp3) is 0.379. The van der Waals surface area contributed by atoms with Crippen molar-refractivity contribution in [1.29, 1.82) is 0 Å². The molecule has 200 valence electrons. The summed E-state index contributed by atoms with van der Waals surface area (Å²) >= 11 is 0. The van der Waals surface area contributed by atoms with Crippen molar-refractivity contribution < 1.29 is 19.1 Å². The molecule has 0 aliphatic carbocycles. The Bertz CT molecular complexity index is 1470. The maximum atomic E-state index is 12.1. The molecule has 4 aromatic rings. The molecule has 0 aliphatic rings. The monoisotopic (exact) mass is 517 g/mol. The molecule has 0 spiro atoms. The number of alkyl carbamates (subject to hydrolysis) is 1. The molecule has 9 heteroatoms. The van der Waals surface area contributed by atoms with Crippen LogP contribution in [0.15, 0.2) is 42.5 Å². The van der Waals surface area contributed by atoms with Crippen molar-refractivity contribution in [2.24, 2.45) is 0 Å². The molecule has 2 aromatic heterocycles. The van der Waals surface area contributed by atoms with Gasteiger partial charge in [0, 0.05) is 24.9 Å². The van der Waals surface area contributed by atoms with Gasteiger partial charge in [-0.25, -0.2) is 19.6 Å². The van der Waals surface area contributed by atoms with E-state index in [9.17, 15) is 9.59 Å². The summed E-state index contributed by atoms with van der Waals surface area (Å²) in [5.41, 5.74) is 10.4. The van der Waals surface area contributed by atoms with Crippen molar-refractivity contribution in [3.8, 4) is 0 Å². The highest BCUT2D eigenvalue weighted by atomic mass is 16.6. The molecular formula is C29H35N5O4. The van der Waals surface area contributed by atoms with E-state index < -0.39 is 17.7 Å². The second kappa shape index (κ2) is 11.1. The van der Waals surface area contributed by atoms with Crippen LogP contribution in [0.1, 0.15) is 67.8 Å². The molecule has 1 amide bonds. The summed E-state index contributed by atoms with van der Waals surface area (Å²) in [6, 6.07) is 13.4. The lowest BCUT2D eigenvalue weighted by atomic mass is 10.1. The third kappa shape index (κ3) is 6.04. The number of carbonyl (C=O) groups is 2. The van der Waals surface area contributed by atoms with E-state index in [0.29, 0.717) is 35.5 Å². The predicted molar refractivity (Wildman–Crippen MR) is 148 cm³/mol. The van der Waals surface area contributed by atoms with Gasteiger partial charge in [-0.05, 0) is 56.5 Å². The van der Waals surface area contributed by atoms with Gasteiger partial charge in [0.25, 0.3) is 0 Å². The third-order valence-corrected chi connectivity index (χ3v) is 6.16. The van der Waals surface area contributed by atoms with Gasteiger partial charge >= 0.3 is 12.1 Å². The number of methoxy groups -OCH3 is 1. The number of aromatic nitrogens is 3. The van der Waals surface area contributed by atoms with Crippen LogP contribution < -0.4 is 11.1 Å². The Kier molecular flexibility index (Phi) is 7.85. The zero-order valence-corrected chi connectivity index (χ0v) is 22.6. The molecule has 0 saturated heterocycles. The molecule has 3 N–H and O–H groups in total. The van der Waals surface area contributed by atoms with E-state index in [-0.39, 0.29) is 0 Å². The molecule has 2 aromatic carbocycles. The number of carbonyl (C=O) groups excluding carboxylic acids is 2. The first-order valence-corrected chi connectivity index (χ1v) is 12.8. The first-order valence-electron chi connectivity index (χ1n) is 12.8. The maximum Gasteiger partial charge on any atom is 0.407 e. The average Bonchev–Trinajstić information content (AvgIpc) is 3.24. The number of amides is 1. The summed E-state index contributed by atoms with van der Waals surface area (Å²) < 4.78 is 12.4. The number of nitrogens with two attached hydrogens (primary N) is 1. The van der Waals surface area contributed by atoms with Crippen molar-refractivity contribution in [2.45, 2.75) is 65.6 Å². The van der Waals surface area contributed by atoms with Crippen LogP contribution in [0.25, 0.3) is 21.9 Å². The quantitative estimate of drug-likeness (QED) is 0.301. The normalized spacial score (nSPS) is 11.6. The number of nitrogen functional groups attached to an aromatic ring is 1. The van der Waals surface area contributed by atoms with Crippen LogP contribution in [0.5, 0.6) is 0 Å². The Morgan fingerprint density at radius 1 is 1.05 bits per heavy atom. The highest BCUT2D eigenvalue weighted by Gasteiger charge is 2.19. The molecule has 38 heavy (non-hydrogen) atoms. The summed E-state index contributed by atoms with van der Waals surface area (Å²) in [6.07, 6.45) is 2.40. The van der Waals surface area contributed by atoms with E-state index in [1.807, 2.05) is 51.1 Å². The molecule has 0 aliphatic heterocycles. The number of nitrogens with zero attached hydrogens (tertiary/aromatic N) is 3. The highest BCUT2D eigenvalue weighted by Crippen LogP contribution is 2.31. The average molecular weight is 518 g/mol. The largest absolute Gasteiger partial charge is 0.465 e. The van der Waals surface area contributed by atoms with Crippen LogP contribution in [0.2, 0.25) is 0 Å². The topological polar surface area (TPSA) is 121 Å². The molecule has 0 atom stereocenters. The molecule has 2 heterocycles. The first-order chi connectivity index (χ1) is 18.1. The van der Waals surface area contributed by atoms with Crippen molar-refractivity contribution in [3.63, 3.8) is 0 Å². The minimum atomic E-state index is -0.541. The smallest absolute Gasteiger partial charge is 0.407 e. The zero-order valence-electron chi connectivity index (χ0n) is 22.6. The lowest BCUT2D eigenvalue weighted by Gasteiger charge is -2.19. The highest BCUT2D eigenvalue weighted by molar-refractivity contribution is 6.08. The van der Waals surface area contributed by atoms with Gasteiger partial charge in [0.2, 0.25) is 0 Å². The van der Waals surface area contributed by atoms with Gasteiger partial charge in [-0.3, -0.25) is 0 Å². The number of pyridine rings is 1. The molecule has 4 rings (SSSR count). The Morgan fingerprint density at radius 2 is 1.76 bits per heavy atom. The first kappa shape index (κ1) is 26.9. The number of nitrogens with one attached hydrogen (secondary N) is 1. The van der Waals surface area contributed by atoms with E-state index in [0.717, 1.165) is 47.1 Å². The van der Waals surface area contributed by atoms with Gasteiger partial charge in [0.15, 0.2) is 5.82 Å². The lowest BCUT2D eigenvalue weighted by molar-refractivity contribution is 0.0522. The lowest BCUT2D eigenvalue weighted by Crippen LogP contribution is -2.32. The van der Waals surface area contributed by atoms with Crippen molar-refractivity contribution in [3.05, 3.63) is 65.0 Å². The number of aryl methyl sites for hydroxylation is 1. The molecular weight excluding hydrogens is 482 g/mol. The van der Waals surface area contributed by atoms with E-state index in [4.69, 9.17) is 20.2 Å². The summed E-state index contributed by atoms with van der Waals surface area (Å²) in [6.45, 7) is 8.62. The van der Waals surface area contributed by atoms with Crippen molar-refractivity contribution in [2.75, 3.05) is 12.8 Å². The van der Waals surface area contributed by atoms with E-state index >= 15 is 0 Å². The molecule has 0 fully saturated rings. The number of rotatable bonds is 8. The van der Waals surface area contributed by atoms with Crippen LogP contribution in [0.3, 0.4) is 0 Å². The third-order valence-electron chi connectivity index (χ3n) is 6.16. The molecule has 0 unspecified atom stereocenters. The molecule has 0 radical (unpaired) electrons. The second-order valence-corrected chi connectivity index (χ2v) is 10.3. The summed E-state index contributed by atoms with van der Waals surface area (Å²) in [7, 11) is 1.35. The molecule has 0 saturated carbocycles. The number of imidazole rings is 1. The number of fused-ring (bicyclic) bond motifs is 3. The fourth-order valence-electron chi connectivity index (χ4n) is 4.33. The van der Waals surface area contributed by atoms with Gasteiger partial charge in [-0.2, -0.15) is 0 Å². The SMILES string of the molecule is CCCCc1nc2c(N)nc3cc(C(=O)OC)ccc3c2n1Cc1ccc(CNC(=O)OC(C)(C)C)cc1. The Balaban J connectivity index is 1.67. The summed E-state index contributed by atoms with van der Waals surface area (Å²) in [5.74, 6) is 0.843. The standard InChI is InChI=1S/C29H35N5O4/c1-6-7-8-23-33-24-25(21-14-13-20(27(35)37-5)15-22(21)32-26(24)30)34(23)17-19-11-9-18(10-12-19)16-31-28(36)38-29(2,3)4/h9-15H,6-8,16-17H2,1-5H3,(H2,30,32)(H,31,36).